The summed E-state index contributed by atoms with van der Waals surface area (Å²) in [6.45, 7) is 5.26. The van der Waals surface area contributed by atoms with Gasteiger partial charge in [-0.15, -0.1) is 11.8 Å². The Hall–Kier alpha value is -1.50. The molecule has 0 bridgehead atoms. The van der Waals surface area contributed by atoms with Crippen LogP contribution in [-0.4, -0.2) is 47.1 Å². The van der Waals surface area contributed by atoms with Gasteiger partial charge in [0, 0.05) is 5.75 Å². The first kappa shape index (κ1) is 15.6. The molecule has 0 aromatic carbocycles. The van der Waals surface area contributed by atoms with Gasteiger partial charge in [-0.2, -0.15) is 0 Å². The topological polar surface area (TPSA) is 85.2 Å². The van der Waals surface area contributed by atoms with Crippen molar-refractivity contribution in [1.29, 1.82) is 0 Å². The summed E-state index contributed by atoms with van der Waals surface area (Å²) in [5.74, 6) is -0.846. The third-order valence-electron chi connectivity index (χ3n) is 2.26. The predicted octanol–water partition coefficient (Wildman–Crippen LogP) is 1.46. The number of rotatable bonds is 5. The summed E-state index contributed by atoms with van der Waals surface area (Å²) in [4.78, 5) is 27.4. The van der Waals surface area contributed by atoms with Crippen molar-refractivity contribution in [3.63, 3.8) is 0 Å². The number of aliphatic imine (C=N–C) groups is 1. The lowest BCUT2D eigenvalue weighted by atomic mass is 10.2. The lowest BCUT2D eigenvalue weighted by Crippen LogP contribution is -2.21. The van der Waals surface area contributed by atoms with Crippen LogP contribution >= 0.6 is 11.8 Å². The Labute approximate surface area is 115 Å². The summed E-state index contributed by atoms with van der Waals surface area (Å²) in [5.41, 5.74) is 0.0126. The fourth-order valence-corrected chi connectivity index (χ4v) is 2.57. The van der Waals surface area contributed by atoms with E-state index in [1.165, 1.54) is 18.7 Å². The molecule has 1 aliphatic heterocycles. The minimum atomic E-state index is -0.641. The van der Waals surface area contributed by atoms with Crippen LogP contribution in [0.15, 0.2) is 16.3 Å². The molecule has 1 rings (SSSR count). The van der Waals surface area contributed by atoms with E-state index in [-0.39, 0.29) is 24.5 Å². The number of nitrogens with zero attached hydrogens (tertiary/aromatic N) is 1. The van der Waals surface area contributed by atoms with E-state index in [1.807, 2.05) is 0 Å². The van der Waals surface area contributed by atoms with Crippen LogP contribution in [0, 0.1) is 0 Å². The molecule has 0 fully saturated rings. The molecule has 0 saturated carbocycles. The Morgan fingerprint density at radius 2 is 2.00 bits per heavy atom. The highest BCUT2D eigenvalue weighted by atomic mass is 32.2. The molecule has 7 heteroatoms. The predicted molar refractivity (Wildman–Crippen MR) is 72.3 cm³/mol. The molecular formula is C12H17NO5S. The fourth-order valence-electron chi connectivity index (χ4n) is 1.46. The first-order chi connectivity index (χ1) is 9.01. The van der Waals surface area contributed by atoms with E-state index in [2.05, 4.69) is 4.99 Å². The van der Waals surface area contributed by atoms with Crippen LogP contribution in [0.25, 0.3) is 0 Å². The van der Waals surface area contributed by atoms with Gasteiger partial charge in [0.25, 0.3) is 0 Å². The zero-order valence-electron chi connectivity index (χ0n) is 11.1. The Bertz CT molecular complexity index is 426. The lowest BCUT2D eigenvalue weighted by Gasteiger charge is -2.07. The zero-order valence-corrected chi connectivity index (χ0v) is 12.0. The Balaban J connectivity index is 2.89. The summed E-state index contributed by atoms with van der Waals surface area (Å²) >= 11 is 1.23. The quantitative estimate of drug-likeness (QED) is 0.468. The van der Waals surface area contributed by atoms with Crippen LogP contribution in [-0.2, 0) is 19.1 Å². The highest BCUT2D eigenvalue weighted by molar-refractivity contribution is 8.14. The average Bonchev–Trinajstić information content (AvgIpc) is 2.78. The van der Waals surface area contributed by atoms with Crippen molar-refractivity contribution in [2.75, 3.05) is 19.0 Å². The minimum absolute atomic E-state index is 0.0126. The van der Waals surface area contributed by atoms with Gasteiger partial charge in [0.1, 0.15) is 16.4 Å². The molecule has 6 nitrogen and oxygen atoms in total. The number of carbonyl (C=O) groups excluding carboxylic acids is 2. The molecule has 1 aliphatic rings. The highest BCUT2D eigenvalue weighted by Gasteiger charge is 2.31. The molecule has 0 aliphatic carbocycles. The number of hydrogen-bond donors (Lipinski definition) is 1. The van der Waals surface area contributed by atoms with Crippen molar-refractivity contribution < 1.29 is 24.2 Å². The molecule has 1 N–H and O–H groups in total. The largest absolute Gasteiger partial charge is 0.512 e. The van der Waals surface area contributed by atoms with Gasteiger partial charge >= 0.3 is 11.9 Å². The first-order valence-corrected chi connectivity index (χ1v) is 6.94. The smallest absolute Gasteiger partial charge is 0.344 e. The van der Waals surface area contributed by atoms with Crippen LogP contribution in [0.5, 0.6) is 0 Å². The Kier molecular flexibility index (Phi) is 5.88. The molecule has 0 amide bonds. The third-order valence-corrected chi connectivity index (χ3v) is 3.33. The van der Waals surface area contributed by atoms with Gasteiger partial charge in [0.2, 0.25) is 0 Å². The number of esters is 2. The number of hydrogen-bond acceptors (Lipinski definition) is 7. The van der Waals surface area contributed by atoms with Crippen LogP contribution in [0.3, 0.4) is 0 Å². The van der Waals surface area contributed by atoms with Gasteiger partial charge in [-0.3, -0.25) is 4.99 Å². The van der Waals surface area contributed by atoms with Crippen LogP contribution < -0.4 is 0 Å². The maximum absolute atomic E-state index is 11.7. The molecule has 1 unspecified atom stereocenters. The Morgan fingerprint density at radius 3 is 2.53 bits per heavy atom. The minimum Gasteiger partial charge on any atom is -0.512 e. The van der Waals surface area contributed by atoms with E-state index in [9.17, 15) is 14.7 Å². The normalized spacial score (nSPS) is 19.5. The third kappa shape index (κ3) is 3.99. The molecule has 19 heavy (non-hydrogen) atoms. The fraction of sp³-hybridized carbons (Fsp3) is 0.583. The summed E-state index contributed by atoms with van der Waals surface area (Å²) < 4.78 is 9.72. The van der Waals surface area contributed by atoms with Crippen molar-refractivity contribution in [2.24, 2.45) is 4.99 Å². The van der Waals surface area contributed by atoms with Gasteiger partial charge in [-0.05, 0) is 20.8 Å². The van der Waals surface area contributed by atoms with E-state index in [4.69, 9.17) is 9.47 Å². The van der Waals surface area contributed by atoms with E-state index in [0.717, 1.165) is 0 Å². The van der Waals surface area contributed by atoms with Crippen molar-refractivity contribution in [3.05, 3.63) is 11.3 Å². The first-order valence-electron chi connectivity index (χ1n) is 5.95. The molecule has 0 aromatic heterocycles. The van der Waals surface area contributed by atoms with E-state index < -0.39 is 18.0 Å². The summed E-state index contributed by atoms with van der Waals surface area (Å²) in [6.07, 6.45) is 0. The van der Waals surface area contributed by atoms with Crippen LogP contribution in [0.2, 0.25) is 0 Å². The molecule has 0 aromatic rings. The average molecular weight is 287 g/mol. The van der Waals surface area contributed by atoms with Crippen molar-refractivity contribution in [2.45, 2.75) is 26.8 Å². The van der Waals surface area contributed by atoms with Gasteiger partial charge in [-0.25, -0.2) is 9.59 Å². The molecule has 0 saturated heterocycles. The number of allylic oxidation sites excluding steroid dienone is 1. The number of aliphatic hydroxyl groups excluding tert-OH is 1. The number of carbonyl (C=O) groups is 2. The number of ether oxygens (including phenoxy) is 2. The second-order valence-electron chi connectivity index (χ2n) is 3.69. The van der Waals surface area contributed by atoms with Crippen LogP contribution in [0.1, 0.15) is 20.8 Å². The molecule has 1 heterocycles. The van der Waals surface area contributed by atoms with Gasteiger partial charge < -0.3 is 14.6 Å². The second kappa shape index (κ2) is 7.18. The SMILES string of the molecule is CCOC(=O)/C(C1=NC(C(=O)OCC)CS1)=C(/C)O. The standard InChI is InChI=1S/C12H17NO5S/c1-4-17-11(15)8-6-19-10(13-8)9(7(3)14)12(16)18-5-2/h8,14H,4-6H2,1-3H3/b9-7-. The summed E-state index contributed by atoms with van der Waals surface area (Å²) in [7, 11) is 0. The lowest BCUT2D eigenvalue weighted by molar-refractivity contribution is -0.144. The second-order valence-corrected chi connectivity index (χ2v) is 4.70. The molecule has 0 radical (unpaired) electrons. The highest BCUT2D eigenvalue weighted by Crippen LogP contribution is 2.26. The van der Waals surface area contributed by atoms with E-state index in [1.54, 1.807) is 13.8 Å². The zero-order chi connectivity index (χ0) is 14.4. The van der Waals surface area contributed by atoms with Gasteiger partial charge in [-0.1, -0.05) is 0 Å². The van der Waals surface area contributed by atoms with Crippen molar-refractivity contribution >= 4 is 28.7 Å². The molecule has 106 valence electrons. The summed E-state index contributed by atoms with van der Waals surface area (Å²) in [5, 5.41) is 9.88. The van der Waals surface area contributed by atoms with Gasteiger partial charge in [0.15, 0.2) is 6.04 Å². The van der Waals surface area contributed by atoms with Crippen molar-refractivity contribution in [3.8, 4) is 0 Å². The van der Waals surface area contributed by atoms with Gasteiger partial charge in [0.05, 0.1) is 13.2 Å². The van der Waals surface area contributed by atoms with Crippen LogP contribution in [0.4, 0.5) is 0 Å². The number of aliphatic hydroxyl groups is 1. The Morgan fingerprint density at radius 1 is 1.37 bits per heavy atom. The molecule has 1 atom stereocenters. The monoisotopic (exact) mass is 287 g/mol. The van der Waals surface area contributed by atoms with E-state index in [0.29, 0.717) is 10.8 Å². The van der Waals surface area contributed by atoms with E-state index >= 15 is 0 Å². The number of thioether (sulfide) groups is 1. The van der Waals surface area contributed by atoms with Crippen molar-refractivity contribution in [1.82, 2.24) is 0 Å². The molecule has 0 spiro atoms. The summed E-state index contributed by atoms with van der Waals surface area (Å²) in [6, 6.07) is -0.635. The maximum Gasteiger partial charge on any atom is 0.344 e. The maximum atomic E-state index is 11.7. The molecular weight excluding hydrogens is 270 g/mol.